The summed E-state index contributed by atoms with van der Waals surface area (Å²) in [5, 5.41) is 54.9. The van der Waals surface area contributed by atoms with Crippen LogP contribution in [0.1, 0.15) is 19.8 Å². The van der Waals surface area contributed by atoms with Crippen LogP contribution in [0, 0.1) is 10.1 Å². The molecule has 0 spiro atoms. The van der Waals surface area contributed by atoms with Crippen LogP contribution in [0.2, 0.25) is 0 Å². The van der Waals surface area contributed by atoms with E-state index in [-0.39, 0.29) is 67.1 Å². The summed E-state index contributed by atoms with van der Waals surface area (Å²) in [6, 6.07) is 0. The number of phosphoric acid groups is 1. The molecule has 0 atom stereocenters. The van der Waals surface area contributed by atoms with Gasteiger partial charge in [0.15, 0.2) is 5.60 Å². The van der Waals surface area contributed by atoms with E-state index in [1.807, 2.05) is 0 Å². The molecule has 17 nitrogen and oxygen atoms in total. The van der Waals surface area contributed by atoms with Crippen LogP contribution in [0.15, 0.2) is 0 Å². The van der Waals surface area contributed by atoms with Gasteiger partial charge in [-0.25, -0.2) is 4.79 Å². The van der Waals surface area contributed by atoms with Crippen molar-refractivity contribution in [2.75, 3.05) is 0 Å². The second kappa shape index (κ2) is 30.4. The SMILES string of the molecule is CC(=O)O.O=C(O)CC(O)(CC(=O)O)C(=O)O.O=P([O-])([O-])[O-].O=[N+]([O-])O.[Ag+].[Ag+].[Ag+].[Cl][Ag]. The summed E-state index contributed by atoms with van der Waals surface area (Å²) in [4.78, 5) is 73.5. The molecule has 0 unspecified atom stereocenters. The van der Waals surface area contributed by atoms with Gasteiger partial charge in [0, 0.05) is 6.92 Å². The normalized spacial score (nSPS) is 8.26. The summed E-state index contributed by atoms with van der Waals surface area (Å²) >= 11 is 2.42. The van der Waals surface area contributed by atoms with Gasteiger partial charge in [0.25, 0.3) is 11.1 Å². The fourth-order valence-electron chi connectivity index (χ4n) is 0.714. The van der Waals surface area contributed by atoms with Crippen molar-refractivity contribution < 1.29 is 161 Å². The van der Waals surface area contributed by atoms with Gasteiger partial charge in [-0.2, -0.15) is 7.82 Å². The molecule has 0 bridgehead atoms. The van der Waals surface area contributed by atoms with Gasteiger partial charge in [-0.05, 0) is 0 Å². The molecule has 0 radical (unpaired) electrons. The van der Waals surface area contributed by atoms with E-state index in [1.165, 1.54) is 0 Å². The Morgan fingerprint density at radius 3 is 1.13 bits per heavy atom. The Balaban J connectivity index is -0.0000000413. The Morgan fingerprint density at radius 1 is 0.935 bits per heavy atom. The van der Waals surface area contributed by atoms with Crippen LogP contribution in [0.4, 0.5) is 0 Å². The van der Waals surface area contributed by atoms with Crippen LogP contribution in [0.5, 0.6) is 0 Å². The summed E-state index contributed by atoms with van der Waals surface area (Å²) in [5.74, 6) is -5.85. The number of hydrogen-bond donors (Lipinski definition) is 6. The van der Waals surface area contributed by atoms with Crippen molar-refractivity contribution in [2.45, 2.75) is 25.4 Å². The summed E-state index contributed by atoms with van der Waals surface area (Å²) < 4.78 is 8.55. The molecular weight excluding hydrogens is 864 g/mol. The fraction of sp³-hybridized carbons (Fsp3) is 0.500. The minimum absolute atomic E-state index is 0. The van der Waals surface area contributed by atoms with E-state index in [2.05, 4.69) is 29.2 Å². The van der Waals surface area contributed by atoms with Crippen LogP contribution in [-0.2, 0) is 111 Å². The molecule has 0 aromatic heterocycles. The molecule has 0 heterocycles. The maximum atomic E-state index is 10.3. The number of aliphatic hydroxyl groups is 1. The molecule has 0 aromatic carbocycles. The number of carboxylic acids is 4. The molecule has 0 aliphatic heterocycles. The third-order valence-electron chi connectivity index (χ3n) is 1.29. The number of rotatable bonds is 5. The molecule has 0 aliphatic carbocycles. The zero-order valence-corrected chi connectivity index (χ0v) is 21.7. The zero-order chi connectivity index (χ0) is 24.3. The predicted molar refractivity (Wildman–Crippen MR) is 72.6 cm³/mol. The van der Waals surface area contributed by atoms with Gasteiger partial charge in [-0.3, -0.25) is 14.4 Å². The standard InChI is InChI=1S/C6H8O7.C2H4O2.4Ag.ClH.HNO3.H3O4P/c7-3(8)1-6(13,5(11)12)2-4(9)10;1-2(3)4;;;;;;2-1(3)4;1-5(2,3)4/h13H,1-2H2,(H,7,8)(H,9,10)(H,11,12);1H3,(H,3,4);;;;;1H;(H,2,3,4);(H3,1,2,3,4)/q;;4*+1;;;/p-4. The summed E-state index contributed by atoms with van der Waals surface area (Å²) in [7, 11) is -0.940. The molecule has 23 heteroatoms. The first kappa shape index (κ1) is 53.0. The van der Waals surface area contributed by atoms with Gasteiger partial charge < -0.3 is 50.0 Å². The van der Waals surface area contributed by atoms with Crippen molar-refractivity contribution in [1.29, 1.82) is 0 Å². The van der Waals surface area contributed by atoms with Crippen LogP contribution < -0.4 is 14.7 Å². The number of nitrogens with zero attached hydrogens (tertiary/aromatic N) is 1. The number of aliphatic carboxylic acids is 4. The second-order valence-corrected chi connectivity index (χ2v) is 4.58. The van der Waals surface area contributed by atoms with Gasteiger partial charge >= 0.3 is 114 Å². The van der Waals surface area contributed by atoms with E-state index in [0.717, 1.165) is 6.92 Å². The topological polar surface area (TPSA) is 319 Å². The number of carbonyl (C=O) groups is 4. The van der Waals surface area contributed by atoms with Gasteiger partial charge in [0.05, 0.1) is 12.8 Å². The van der Waals surface area contributed by atoms with Crippen molar-refractivity contribution in [3.8, 4) is 0 Å². The van der Waals surface area contributed by atoms with E-state index >= 15 is 0 Å². The number of hydrogen-bond acceptors (Lipinski definition) is 11. The molecule has 202 valence electrons. The van der Waals surface area contributed by atoms with Gasteiger partial charge in [0.1, 0.15) is 0 Å². The van der Waals surface area contributed by atoms with E-state index in [4.69, 9.17) is 64.9 Å². The third kappa shape index (κ3) is 91.2. The molecule has 6 N–H and O–H groups in total. The fourth-order valence-corrected chi connectivity index (χ4v) is 0.714. The number of halogens is 1. The van der Waals surface area contributed by atoms with Crippen molar-refractivity contribution >= 4 is 40.9 Å². The van der Waals surface area contributed by atoms with E-state index in [9.17, 15) is 14.4 Å². The Hall–Kier alpha value is 0.401. The van der Waals surface area contributed by atoms with Crippen molar-refractivity contribution in [3.05, 3.63) is 10.1 Å². The Kier molecular flexibility index (Phi) is 52.0. The summed E-state index contributed by atoms with van der Waals surface area (Å²) in [6.07, 6.45) is -2.29. The van der Waals surface area contributed by atoms with Gasteiger partial charge in [0.2, 0.25) is 0 Å². The molecule has 0 amide bonds. The van der Waals surface area contributed by atoms with Gasteiger partial charge in [-0.1, -0.05) is 0 Å². The van der Waals surface area contributed by atoms with Crippen molar-refractivity contribution in [3.63, 3.8) is 0 Å². The number of carboxylic acid groups (broad SMARTS) is 4. The van der Waals surface area contributed by atoms with Crippen molar-refractivity contribution in [1.82, 2.24) is 0 Å². The van der Waals surface area contributed by atoms with Crippen molar-refractivity contribution in [2.24, 2.45) is 0 Å². The molecule has 0 saturated heterocycles. The second-order valence-electron chi connectivity index (χ2n) is 3.68. The Bertz CT molecular complexity index is 515. The van der Waals surface area contributed by atoms with Crippen LogP contribution >= 0.6 is 17.0 Å². The molecule has 0 saturated carbocycles. The predicted octanol–water partition coefficient (Wildman–Crippen LogP) is -3.65. The Labute approximate surface area is 235 Å². The molecule has 0 aliphatic rings. The summed E-state index contributed by atoms with van der Waals surface area (Å²) in [5.41, 5.74) is -2.74. The summed E-state index contributed by atoms with van der Waals surface area (Å²) in [6.45, 7) is 1.08. The Morgan fingerprint density at radius 2 is 1.06 bits per heavy atom. The average Bonchev–Trinajstić information content (AvgIpc) is 2.35. The maximum absolute atomic E-state index is 10.3. The van der Waals surface area contributed by atoms with Crippen LogP contribution in [-0.4, -0.2) is 65.3 Å². The molecule has 31 heavy (non-hydrogen) atoms. The average molecular weight is 877 g/mol. The van der Waals surface area contributed by atoms with E-state index in [0.29, 0.717) is 0 Å². The molecule has 0 rings (SSSR count). The monoisotopic (exact) mass is 873 g/mol. The molecule has 0 aromatic rings. The first-order chi connectivity index (χ1) is 12.2. The molecular formula is C8H13Ag4ClNO16P. The van der Waals surface area contributed by atoms with Crippen LogP contribution in [0.25, 0.3) is 0 Å². The first-order valence-electron chi connectivity index (χ1n) is 5.51. The van der Waals surface area contributed by atoms with E-state index < -0.39 is 55.2 Å². The first-order valence-corrected chi connectivity index (χ1v) is 8.88. The molecule has 0 fully saturated rings. The zero-order valence-electron chi connectivity index (χ0n) is 14.2. The quantitative estimate of drug-likeness (QED) is 0.0671. The minimum atomic E-state index is -5.39. The van der Waals surface area contributed by atoms with Crippen LogP contribution in [0.3, 0.4) is 0 Å². The third-order valence-corrected chi connectivity index (χ3v) is 1.29. The van der Waals surface area contributed by atoms with E-state index in [1.54, 1.807) is 0 Å². The van der Waals surface area contributed by atoms with Gasteiger partial charge in [-0.15, -0.1) is 10.1 Å².